The maximum Gasteiger partial charge on any atom is 0.270 e. The number of hydrogen-bond acceptors (Lipinski definition) is 6. The summed E-state index contributed by atoms with van der Waals surface area (Å²) in [7, 11) is 0. The van der Waals surface area contributed by atoms with E-state index < -0.39 is 5.91 Å². The van der Waals surface area contributed by atoms with Crippen LogP contribution in [0.2, 0.25) is 0 Å². The van der Waals surface area contributed by atoms with Crippen LogP contribution in [0.25, 0.3) is 0 Å². The number of amides is 2. The van der Waals surface area contributed by atoms with Crippen LogP contribution in [0.4, 0.5) is 11.5 Å². The van der Waals surface area contributed by atoms with Crippen molar-refractivity contribution in [3.8, 4) is 6.07 Å². The molecule has 0 atom stereocenters. The first-order valence-electron chi connectivity index (χ1n) is 6.93. The van der Waals surface area contributed by atoms with Gasteiger partial charge < -0.3 is 5.32 Å². The Morgan fingerprint density at radius 2 is 2.08 bits per heavy atom. The number of thioether (sulfide) groups is 1. The third kappa shape index (κ3) is 3.11. The fraction of sp³-hybridized carbons (Fsp3) is 0.0625. The van der Waals surface area contributed by atoms with Crippen LogP contribution in [-0.2, 0) is 9.59 Å². The van der Waals surface area contributed by atoms with Crippen molar-refractivity contribution in [2.24, 2.45) is 0 Å². The van der Waals surface area contributed by atoms with Gasteiger partial charge in [-0.25, -0.2) is 4.98 Å². The van der Waals surface area contributed by atoms with Gasteiger partial charge in [0.25, 0.3) is 5.91 Å². The molecule has 0 spiro atoms. The van der Waals surface area contributed by atoms with Crippen molar-refractivity contribution in [2.45, 2.75) is 0 Å². The summed E-state index contributed by atoms with van der Waals surface area (Å²) in [5.41, 5.74) is 0.475. The topological polar surface area (TPSA) is 99.0 Å². The zero-order valence-electron chi connectivity index (χ0n) is 12.3. The monoisotopic (exact) mass is 337 g/mol. The molecule has 0 aliphatic carbocycles. The van der Waals surface area contributed by atoms with E-state index in [9.17, 15) is 14.9 Å². The van der Waals surface area contributed by atoms with E-state index in [1.165, 1.54) is 23.5 Å². The van der Waals surface area contributed by atoms with Gasteiger partial charge in [-0.3, -0.25) is 19.5 Å². The highest BCUT2D eigenvalue weighted by Crippen LogP contribution is 2.36. The second-order valence-corrected chi connectivity index (χ2v) is 5.65. The molecule has 1 aromatic heterocycles. The van der Waals surface area contributed by atoms with Crippen molar-refractivity contribution in [3.05, 3.63) is 59.5 Å². The van der Waals surface area contributed by atoms with Crippen LogP contribution in [0, 0.1) is 11.3 Å². The Morgan fingerprint density at radius 3 is 2.75 bits per heavy atom. The summed E-state index contributed by atoms with van der Waals surface area (Å²) < 4.78 is 0. The molecule has 0 radical (unpaired) electrons. The lowest BCUT2D eigenvalue weighted by atomic mass is 10.2. The minimum atomic E-state index is -0.629. The lowest BCUT2D eigenvalue weighted by Crippen LogP contribution is -2.27. The van der Waals surface area contributed by atoms with Crippen LogP contribution < -0.4 is 10.2 Å². The highest BCUT2D eigenvalue weighted by Gasteiger charge is 2.33. The van der Waals surface area contributed by atoms with Crippen LogP contribution in [0.15, 0.2) is 59.5 Å². The van der Waals surface area contributed by atoms with E-state index in [1.807, 2.05) is 12.1 Å². The molecule has 0 bridgehead atoms. The maximum atomic E-state index is 12.4. The number of aromatic nitrogens is 2. The molecule has 2 heterocycles. The van der Waals surface area contributed by atoms with E-state index in [1.54, 1.807) is 24.3 Å². The number of carbonyl (C=O) groups is 2. The van der Waals surface area contributed by atoms with Gasteiger partial charge >= 0.3 is 0 Å². The fourth-order valence-corrected chi connectivity index (χ4v) is 3.14. The Bertz CT molecular complexity index is 846. The summed E-state index contributed by atoms with van der Waals surface area (Å²) in [5, 5.41) is 12.3. The van der Waals surface area contributed by atoms with E-state index >= 15 is 0 Å². The third-order valence-corrected chi connectivity index (χ3v) is 4.21. The molecule has 2 aromatic rings. The van der Waals surface area contributed by atoms with Crippen molar-refractivity contribution < 1.29 is 9.59 Å². The van der Waals surface area contributed by atoms with Crippen LogP contribution in [0.1, 0.15) is 0 Å². The predicted octanol–water partition coefficient (Wildman–Crippen LogP) is 1.93. The Morgan fingerprint density at radius 1 is 1.29 bits per heavy atom. The van der Waals surface area contributed by atoms with E-state index in [0.717, 1.165) is 11.8 Å². The Kier molecular flexibility index (Phi) is 4.54. The molecule has 0 saturated carbocycles. The zero-order chi connectivity index (χ0) is 16.9. The summed E-state index contributed by atoms with van der Waals surface area (Å²) in [4.78, 5) is 33.8. The quantitative estimate of drug-likeness (QED) is 0.679. The van der Waals surface area contributed by atoms with Crippen molar-refractivity contribution >= 4 is 35.1 Å². The Labute approximate surface area is 142 Å². The highest BCUT2D eigenvalue weighted by atomic mass is 32.2. The molecule has 1 aliphatic rings. The number of nitriles is 1. The summed E-state index contributed by atoms with van der Waals surface area (Å²) in [6.45, 7) is 0. The zero-order valence-corrected chi connectivity index (χ0v) is 13.2. The maximum absolute atomic E-state index is 12.4. The van der Waals surface area contributed by atoms with Crippen LogP contribution in [0.3, 0.4) is 0 Å². The van der Waals surface area contributed by atoms with Crippen molar-refractivity contribution in [1.82, 2.24) is 9.97 Å². The van der Waals surface area contributed by atoms with Gasteiger partial charge in [0.05, 0.1) is 11.9 Å². The van der Waals surface area contributed by atoms with Crippen molar-refractivity contribution in [2.75, 3.05) is 16.0 Å². The van der Waals surface area contributed by atoms with E-state index in [-0.39, 0.29) is 23.1 Å². The number of hydrogen-bond donors (Lipinski definition) is 1. The molecule has 1 aliphatic heterocycles. The van der Waals surface area contributed by atoms with Crippen LogP contribution in [0.5, 0.6) is 0 Å². The molecule has 1 saturated heterocycles. The first-order chi connectivity index (χ1) is 11.7. The second kappa shape index (κ2) is 6.93. The lowest BCUT2D eigenvalue weighted by Gasteiger charge is -2.18. The van der Waals surface area contributed by atoms with Gasteiger partial charge in [0.2, 0.25) is 5.91 Å². The minimum Gasteiger partial charge on any atom is -0.305 e. The number of carbonyl (C=O) groups excluding carboxylic acids is 2. The number of benzene rings is 1. The van der Waals surface area contributed by atoms with Gasteiger partial charge in [-0.1, -0.05) is 30.0 Å². The van der Waals surface area contributed by atoms with Gasteiger partial charge in [0.1, 0.15) is 16.7 Å². The third-order valence-electron chi connectivity index (χ3n) is 3.16. The molecule has 1 N–H and O–H groups in total. The SMILES string of the molecule is N#CC(C(=O)Nc1cnccn1)=C1SCC(=O)N1c1ccccc1. The molecule has 3 rings (SSSR count). The fourth-order valence-electron chi connectivity index (χ4n) is 2.13. The van der Waals surface area contributed by atoms with Gasteiger partial charge in [0, 0.05) is 18.1 Å². The highest BCUT2D eigenvalue weighted by molar-refractivity contribution is 8.04. The molecule has 1 fully saturated rings. The number of anilines is 2. The number of nitrogens with zero attached hydrogens (tertiary/aromatic N) is 4. The molecule has 8 heteroatoms. The van der Waals surface area contributed by atoms with Gasteiger partial charge in [0.15, 0.2) is 5.82 Å². The molecule has 7 nitrogen and oxygen atoms in total. The molecular formula is C16H11N5O2S. The molecule has 0 unspecified atom stereocenters. The van der Waals surface area contributed by atoms with Crippen LogP contribution >= 0.6 is 11.8 Å². The predicted molar refractivity (Wildman–Crippen MR) is 89.7 cm³/mol. The smallest absolute Gasteiger partial charge is 0.270 e. The number of nitrogens with one attached hydrogen (secondary N) is 1. The van der Waals surface area contributed by atoms with Gasteiger partial charge in [-0.05, 0) is 12.1 Å². The molecular weight excluding hydrogens is 326 g/mol. The van der Waals surface area contributed by atoms with Crippen molar-refractivity contribution in [3.63, 3.8) is 0 Å². The average molecular weight is 337 g/mol. The lowest BCUT2D eigenvalue weighted by molar-refractivity contribution is -0.115. The summed E-state index contributed by atoms with van der Waals surface area (Å²) >= 11 is 1.16. The van der Waals surface area contributed by atoms with Crippen LogP contribution in [-0.4, -0.2) is 27.5 Å². The summed E-state index contributed by atoms with van der Waals surface area (Å²) in [6, 6.07) is 10.8. The Balaban J connectivity index is 1.96. The molecule has 2 amide bonds. The Hall–Kier alpha value is -3.18. The minimum absolute atomic E-state index is 0.139. The van der Waals surface area contributed by atoms with Gasteiger partial charge in [-0.15, -0.1) is 0 Å². The largest absolute Gasteiger partial charge is 0.305 e. The number of rotatable bonds is 3. The number of para-hydroxylation sites is 1. The average Bonchev–Trinajstić information content (AvgIpc) is 2.98. The standard InChI is InChI=1S/C16H11N5O2S/c17-8-12(15(23)20-13-9-18-6-7-19-13)16-21(14(22)10-24-16)11-4-2-1-3-5-11/h1-7,9H,10H2,(H,19,20,23). The van der Waals surface area contributed by atoms with E-state index in [4.69, 9.17) is 0 Å². The summed E-state index contributed by atoms with van der Waals surface area (Å²) in [6.07, 6.45) is 4.28. The van der Waals surface area contributed by atoms with E-state index in [2.05, 4.69) is 15.3 Å². The molecule has 118 valence electrons. The normalized spacial score (nSPS) is 15.8. The molecule has 1 aromatic carbocycles. The first kappa shape index (κ1) is 15.7. The molecule has 24 heavy (non-hydrogen) atoms. The van der Waals surface area contributed by atoms with Crippen molar-refractivity contribution in [1.29, 1.82) is 5.26 Å². The summed E-state index contributed by atoms with van der Waals surface area (Å²) in [5.74, 6) is -0.401. The van der Waals surface area contributed by atoms with E-state index in [0.29, 0.717) is 10.7 Å². The van der Waals surface area contributed by atoms with Gasteiger partial charge in [-0.2, -0.15) is 5.26 Å². The second-order valence-electron chi connectivity index (χ2n) is 4.69. The first-order valence-corrected chi connectivity index (χ1v) is 7.92.